The van der Waals surface area contributed by atoms with Crippen LogP contribution in [-0.4, -0.2) is 30.3 Å². The third kappa shape index (κ3) is 8.13. The smallest absolute Gasteiger partial charge is 0.407 e. The van der Waals surface area contributed by atoms with Crippen LogP contribution in [0.4, 0.5) is 4.79 Å². The Morgan fingerprint density at radius 1 is 0.767 bits per heavy atom. The van der Waals surface area contributed by atoms with Crippen molar-refractivity contribution in [2.45, 2.75) is 51.4 Å². The van der Waals surface area contributed by atoms with E-state index in [1.54, 1.807) is 6.08 Å². The van der Waals surface area contributed by atoms with Gasteiger partial charge in [0.05, 0.1) is 6.04 Å². The summed E-state index contributed by atoms with van der Waals surface area (Å²) in [6.07, 6.45) is 2.90. The number of hydrogen-bond donors (Lipinski definition) is 1. The molecule has 0 heterocycles. The highest BCUT2D eigenvalue weighted by Gasteiger charge is 2.29. The number of amides is 1. The summed E-state index contributed by atoms with van der Waals surface area (Å²) < 4.78 is 17.1. The second kappa shape index (κ2) is 13.4. The van der Waals surface area contributed by atoms with E-state index in [2.05, 4.69) is 29.6 Å². The van der Waals surface area contributed by atoms with Gasteiger partial charge in [0.1, 0.15) is 24.6 Å². The molecular weight excluding hydrogens is 538 g/mol. The maximum atomic E-state index is 13.1. The van der Waals surface area contributed by atoms with Gasteiger partial charge in [-0.05, 0) is 72.7 Å². The number of rotatable bonds is 10. The molecule has 0 spiro atoms. The first-order valence-electron chi connectivity index (χ1n) is 14.5. The molecule has 4 aromatic carbocycles. The molecule has 220 valence electrons. The minimum atomic E-state index is -0.554. The van der Waals surface area contributed by atoms with E-state index in [0.717, 1.165) is 28.0 Å². The third-order valence-electron chi connectivity index (χ3n) is 7.14. The topological polar surface area (TPSA) is 73.9 Å². The van der Waals surface area contributed by atoms with Gasteiger partial charge >= 0.3 is 12.1 Å². The molecule has 0 unspecified atom stereocenters. The lowest BCUT2D eigenvalue weighted by Crippen LogP contribution is -2.36. The number of carbonyl (C=O) groups excluding carboxylic acids is 2. The average Bonchev–Trinajstić information content (AvgIpc) is 3.32. The van der Waals surface area contributed by atoms with Crippen molar-refractivity contribution in [3.63, 3.8) is 0 Å². The van der Waals surface area contributed by atoms with Crippen LogP contribution in [0.15, 0.2) is 115 Å². The van der Waals surface area contributed by atoms with Crippen LogP contribution < -0.4 is 10.1 Å². The zero-order valence-corrected chi connectivity index (χ0v) is 24.8. The van der Waals surface area contributed by atoms with Gasteiger partial charge in [0.2, 0.25) is 0 Å². The molecule has 1 amide bonds. The molecule has 0 bridgehead atoms. The molecule has 6 heteroatoms. The van der Waals surface area contributed by atoms with E-state index in [0.29, 0.717) is 6.42 Å². The Morgan fingerprint density at radius 2 is 1.37 bits per heavy atom. The molecule has 0 radical (unpaired) electrons. The second-order valence-corrected chi connectivity index (χ2v) is 11.6. The van der Waals surface area contributed by atoms with Gasteiger partial charge in [-0.15, -0.1) is 0 Å². The first kappa shape index (κ1) is 29.6. The van der Waals surface area contributed by atoms with E-state index in [-0.39, 0.29) is 24.7 Å². The van der Waals surface area contributed by atoms with Crippen molar-refractivity contribution in [1.29, 1.82) is 0 Å². The van der Waals surface area contributed by atoms with Crippen LogP contribution in [0, 0.1) is 0 Å². The highest BCUT2D eigenvalue weighted by Crippen LogP contribution is 2.44. The van der Waals surface area contributed by atoms with Gasteiger partial charge in [0, 0.05) is 12.0 Å². The van der Waals surface area contributed by atoms with Crippen LogP contribution in [0.1, 0.15) is 48.9 Å². The summed E-state index contributed by atoms with van der Waals surface area (Å²) in [5, 5.41) is 2.93. The first-order chi connectivity index (χ1) is 20.7. The fourth-order valence-corrected chi connectivity index (χ4v) is 5.23. The molecule has 43 heavy (non-hydrogen) atoms. The number of esters is 1. The number of ether oxygens (including phenoxy) is 3. The molecule has 5 rings (SSSR count). The lowest BCUT2D eigenvalue weighted by molar-refractivity contribution is -0.139. The molecule has 0 aliphatic heterocycles. The normalized spacial score (nSPS) is 13.2. The van der Waals surface area contributed by atoms with E-state index in [1.807, 2.05) is 99.6 Å². The minimum absolute atomic E-state index is 0.0459. The van der Waals surface area contributed by atoms with Crippen molar-refractivity contribution in [1.82, 2.24) is 5.32 Å². The Morgan fingerprint density at radius 3 is 2.00 bits per heavy atom. The monoisotopic (exact) mass is 575 g/mol. The number of hydrogen-bond acceptors (Lipinski definition) is 5. The number of carbonyl (C=O) groups is 2. The van der Waals surface area contributed by atoms with Gasteiger partial charge in [-0.3, -0.25) is 0 Å². The zero-order chi connectivity index (χ0) is 30.2. The van der Waals surface area contributed by atoms with Crippen molar-refractivity contribution < 1.29 is 23.8 Å². The highest BCUT2D eigenvalue weighted by molar-refractivity contribution is 5.82. The Balaban J connectivity index is 1.25. The lowest BCUT2D eigenvalue weighted by Gasteiger charge is -2.21. The maximum absolute atomic E-state index is 13.1. The van der Waals surface area contributed by atoms with Crippen molar-refractivity contribution in [2.75, 3.05) is 6.61 Å². The van der Waals surface area contributed by atoms with Gasteiger partial charge in [0.25, 0.3) is 0 Å². The third-order valence-corrected chi connectivity index (χ3v) is 7.14. The molecular formula is C37H37NO5. The van der Waals surface area contributed by atoms with Gasteiger partial charge < -0.3 is 19.5 Å². The summed E-state index contributed by atoms with van der Waals surface area (Å²) >= 11 is 0. The molecule has 1 aliphatic rings. The molecule has 0 saturated carbocycles. The largest absolute Gasteiger partial charge is 0.488 e. The molecule has 0 saturated heterocycles. The number of alkyl carbamates (subject to hydrolysis) is 1. The Kier molecular flexibility index (Phi) is 9.26. The summed E-state index contributed by atoms with van der Waals surface area (Å²) in [6, 6.07) is 33.1. The molecule has 6 nitrogen and oxygen atoms in total. The van der Waals surface area contributed by atoms with Crippen LogP contribution in [0.25, 0.3) is 11.1 Å². The van der Waals surface area contributed by atoms with Gasteiger partial charge in [-0.25, -0.2) is 9.59 Å². The fourth-order valence-electron chi connectivity index (χ4n) is 5.23. The molecule has 1 N–H and O–H groups in total. The highest BCUT2D eigenvalue weighted by atomic mass is 16.5. The SMILES string of the molecule is CC(C)(C)Oc1ccc(C[C@@H](/C=C/C(=O)OCc2ccccc2)NC(=O)OCC2c3ccccc3-c3ccccc32)cc1. The lowest BCUT2D eigenvalue weighted by atomic mass is 9.98. The van der Waals surface area contributed by atoms with E-state index in [9.17, 15) is 9.59 Å². The standard InChI is InChI=1S/C37H37NO5/c1-37(2,3)43-29-20-17-26(18-21-29)23-28(19-22-35(39)41-24-27-11-5-4-6-12-27)38-36(40)42-25-34-32-15-9-7-13-30(32)31-14-8-10-16-33(31)34/h4-22,28,34H,23-25H2,1-3H3,(H,38,40)/b22-19+/t28-/m1/s1. The van der Waals surface area contributed by atoms with E-state index < -0.39 is 18.1 Å². The predicted octanol–water partition coefficient (Wildman–Crippen LogP) is 7.61. The van der Waals surface area contributed by atoms with E-state index in [4.69, 9.17) is 14.2 Å². The predicted molar refractivity (Wildman–Crippen MR) is 168 cm³/mol. The summed E-state index contributed by atoms with van der Waals surface area (Å²) in [7, 11) is 0. The first-order valence-corrected chi connectivity index (χ1v) is 14.5. The van der Waals surface area contributed by atoms with Crippen LogP contribution in [0.2, 0.25) is 0 Å². The Hall–Kier alpha value is -4.84. The van der Waals surface area contributed by atoms with Crippen molar-refractivity contribution in [2.24, 2.45) is 0 Å². The molecule has 1 atom stereocenters. The van der Waals surface area contributed by atoms with Gasteiger partial charge in [-0.2, -0.15) is 0 Å². The molecule has 0 fully saturated rings. The van der Waals surface area contributed by atoms with Crippen LogP contribution in [0.5, 0.6) is 5.75 Å². The van der Waals surface area contributed by atoms with Crippen LogP contribution in [0.3, 0.4) is 0 Å². The fraction of sp³-hybridized carbons (Fsp3) is 0.243. The van der Waals surface area contributed by atoms with Gasteiger partial charge in [0.15, 0.2) is 0 Å². The molecule has 1 aliphatic carbocycles. The molecule has 4 aromatic rings. The minimum Gasteiger partial charge on any atom is -0.488 e. The second-order valence-electron chi connectivity index (χ2n) is 11.6. The zero-order valence-electron chi connectivity index (χ0n) is 24.8. The molecule has 0 aromatic heterocycles. The maximum Gasteiger partial charge on any atom is 0.407 e. The van der Waals surface area contributed by atoms with E-state index in [1.165, 1.54) is 17.2 Å². The summed E-state index contributed by atoms with van der Waals surface area (Å²) in [5.74, 6) is 0.227. The summed E-state index contributed by atoms with van der Waals surface area (Å²) in [6.45, 7) is 6.36. The number of benzene rings is 4. The van der Waals surface area contributed by atoms with Crippen LogP contribution >= 0.6 is 0 Å². The Labute approximate surface area is 253 Å². The van der Waals surface area contributed by atoms with Crippen molar-refractivity contribution >= 4 is 12.1 Å². The number of nitrogens with one attached hydrogen (secondary N) is 1. The van der Waals surface area contributed by atoms with Gasteiger partial charge in [-0.1, -0.05) is 97.1 Å². The number of fused-ring (bicyclic) bond motifs is 3. The van der Waals surface area contributed by atoms with Crippen molar-refractivity contribution in [3.05, 3.63) is 138 Å². The van der Waals surface area contributed by atoms with E-state index >= 15 is 0 Å². The Bertz CT molecular complexity index is 1530. The summed E-state index contributed by atoms with van der Waals surface area (Å²) in [5.41, 5.74) is 6.18. The van der Waals surface area contributed by atoms with Crippen LogP contribution in [-0.2, 0) is 27.3 Å². The average molecular weight is 576 g/mol. The summed E-state index contributed by atoms with van der Waals surface area (Å²) in [4.78, 5) is 25.6. The van der Waals surface area contributed by atoms with Crippen molar-refractivity contribution in [3.8, 4) is 16.9 Å². The quantitative estimate of drug-likeness (QED) is 0.156.